The predicted molar refractivity (Wildman–Crippen MR) is 85.4 cm³/mol. The molecule has 0 amide bonds. The monoisotopic (exact) mass is 407 g/mol. The highest BCUT2D eigenvalue weighted by Gasteiger charge is 2.61. The Bertz CT molecular complexity index is 705. The van der Waals surface area contributed by atoms with Crippen molar-refractivity contribution >= 4 is 38.4 Å². The molecule has 0 bridgehead atoms. The zero-order valence-electron chi connectivity index (χ0n) is 11.7. The number of aliphatic hydroxyl groups excluding tert-OH is 3. The van der Waals surface area contributed by atoms with Crippen LogP contribution in [0.4, 0.5) is 0 Å². The molecule has 0 spiro atoms. The molecular formula is C14H15BrClNO6. The second-order valence-electron chi connectivity index (χ2n) is 5.29. The van der Waals surface area contributed by atoms with Crippen LogP contribution in [0, 0.1) is 0 Å². The summed E-state index contributed by atoms with van der Waals surface area (Å²) in [5, 5.41) is 38.0. The number of para-hydroxylation sites is 1. The number of fused-ring (bicyclic) bond motifs is 1. The topological polar surface area (TPSA) is 115 Å². The Balaban J connectivity index is 1.94. The highest BCUT2D eigenvalue weighted by molar-refractivity contribution is 9.10. The highest BCUT2D eigenvalue weighted by atomic mass is 79.9. The van der Waals surface area contributed by atoms with Gasteiger partial charge in [0.25, 0.3) is 4.70 Å². The third-order valence-corrected chi connectivity index (χ3v) is 5.07. The van der Waals surface area contributed by atoms with Crippen LogP contribution >= 0.6 is 27.5 Å². The van der Waals surface area contributed by atoms with Crippen molar-refractivity contribution in [1.29, 1.82) is 0 Å². The Kier molecular flexibility index (Phi) is 4.35. The average molecular weight is 409 g/mol. The molecule has 23 heavy (non-hydrogen) atoms. The lowest BCUT2D eigenvalue weighted by Crippen LogP contribution is -2.69. The summed E-state index contributed by atoms with van der Waals surface area (Å²) in [4.78, 5) is 2.99. The molecule has 0 saturated carbocycles. The molecule has 1 aromatic heterocycles. The Labute approximate surface area is 144 Å². The standard InChI is InChI=1S/C14H15BrClNO6/c15-14(12(20)11(19)13(16,21)10(6-18)23-14)22-9-5-17-8-4-2-1-3-7(8)9/h1-5,10-12,17-21H,6H2/t10-,11-,12-,13+,14+/m1/s1. The van der Waals surface area contributed by atoms with Crippen molar-refractivity contribution in [1.82, 2.24) is 4.98 Å². The van der Waals surface area contributed by atoms with E-state index < -0.39 is 34.7 Å². The van der Waals surface area contributed by atoms with Gasteiger partial charge in [0, 0.05) is 17.1 Å². The normalized spacial score (nSPS) is 37.9. The fourth-order valence-corrected chi connectivity index (χ4v) is 3.36. The number of ether oxygens (including phenoxy) is 2. The van der Waals surface area contributed by atoms with E-state index >= 15 is 0 Å². The lowest BCUT2D eigenvalue weighted by atomic mass is 9.98. The van der Waals surface area contributed by atoms with Gasteiger partial charge in [-0.3, -0.25) is 0 Å². The lowest BCUT2D eigenvalue weighted by molar-refractivity contribution is -0.303. The number of halogens is 2. The molecule has 3 rings (SSSR count). The van der Waals surface area contributed by atoms with Gasteiger partial charge >= 0.3 is 0 Å². The summed E-state index contributed by atoms with van der Waals surface area (Å²) < 4.78 is 9.16. The van der Waals surface area contributed by atoms with Crippen LogP contribution < -0.4 is 4.74 Å². The van der Waals surface area contributed by atoms with Crippen molar-refractivity contribution in [2.75, 3.05) is 6.61 Å². The van der Waals surface area contributed by atoms with Gasteiger partial charge in [0.1, 0.15) is 18.0 Å². The molecule has 9 heteroatoms. The SMILES string of the molecule is OC[C@H]1O[C@@](Br)(Oc2c[nH]c3ccccc23)[C@H](O)[C@@H](O)[C@]1(O)Cl. The van der Waals surface area contributed by atoms with Crippen molar-refractivity contribution in [3.05, 3.63) is 30.5 Å². The summed E-state index contributed by atoms with van der Waals surface area (Å²) in [5.74, 6) is 0.348. The Morgan fingerprint density at radius 3 is 2.70 bits per heavy atom. The first-order chi connectivity index (χ1) is 10.8. The molecule has 0 radical (unpaired) electrons. The fourth-order valence-electron chi connectivity index (χ4n) is 2.48. The van der Waals surface area contributed by atoms with Gasteiger partial charge in [-0.2, -0.15) is 0 Å². The van der Waals surface area contributed by atoms with E-state index in [4.69, 9.17) is 21.1 Å². The number of hydrogen-bond donors (Lipinski definition) is 5. The van der Waals surface area contributed by atoms with E-state index in [1.165, 1.54) is 0 Å². The predicted octanol–water partition coefficient (Wildman–Crippen LogP) is 0.636. The van der Waals surface area contributed by atoms with E-state index in [0.717, 1.165) is 10.9 Å². The molecule has 1 saturated heterocycles. The quantitative estimate of drug-likeness (QED) is 0.476. The van der Waals surface area contributed by atoms with Crippen LogP contribution in [0.5, 0.6) is 5.75 Å². The summed E-state index contributed by atoms with van der Waals surface area (Å²) in [7, 11) is 0. The van der Waals surface area contributed by atoms with Gasteiger partial charge < -0.3 is 34.9 Å². The first-order valence-corrected chi connectivity index (χ1v) is 7.97. The van der Waals surface area contributed by atoms with Crippen molar-refractivity contribution in [2.45, 2.75) is 28.1 Å². The molecule has 0 unspecified atom stereocenters. The Hall–Kier alpha value is -0.870. The van der Waals surface area contributed by atoms with E-state index in [0.29, 0.717) is 5.75 Å². The van der Waals surface area contributed by atoms with Crippen molar-refractivity contribution in [3.63, 3.8) is 0 Å². The van der Waals surface area contributed by atoms with Crippen molar-refractivity contribution in [2.24, 2.45) is 0 Å². The molecular weight excluding hydrogens is 394 g/mol. The molecule has 1 fully saturated rings. The first-order valence-electron chi connectivity index (χ1n) is 6.79. The number of hydrogen-bond acceptors (Lipinski definition) is 6. The number of H-pyrrole nitrogens is 1. The van der Waals surface area contributed by atoms with Gasteiger partial charge in [-0.1, -0.05) is 23.7 Å². The molecule has 1 aromatic carbocycles. The average Bonchev–Trinajstić information content (AvgIpc) is 2.93. The summed E-state index contributed by atoms with van der Waals surface area (Å²) in [6, 6.07) is 7.29. The number of rotatable bonds is 3. The maximum absolute atomic E-state index is 10.2. The van der Waals surface area contributed by atoms with Gasteiger partial charge in [0.2, 0.25) is 0 Å². The van der Waals surface area contributed by atoms with E-state index in [2.05, 4.69) is 20.9 Å². The third-order valence-electron chi connectivity index (χ3n) is 3.79. The van der Waals surface area contributed by atoms with E-state index in [-0.39, 0.29) is 0 Å². The van der Waals surface area contributed by atoms with Gasteiger partial charge in [0.05, 0.1) is 6.61 Å². The number of benzene rings is 1. The van der Waals surface area contributed by atoms with Gasteiger partial charge in [-0.05, 0) is 28.1 Å². The molecule has 126 valence electrons. The third kappa shape index (κ3) is 2.74. The number of aromatic amines is 1. The minimum atomic E-state index is -2.35. The van der Waals surface area contributed by atoms with Crippen molar-refractivity contribution in [3.8, 4) is 5.75 Å². The first kappa shape index (κ1) is 17.0. The minimum Gasteiger partial charge on any atom is -0.447 e. The molecule has 1 aliphatic heterocycles. The van der Waals surface area contributed by atoms with Crippen LogP contribution in [-0.4, -0.2) is 60.1 Å². The maximum atomic E-state index is 10.2. The smallest absolute Gasteiger partial charge is 0.297 e. The van der Waals surface area contributed by atoms with Crippen LogP contribution in [0.15, 0.2) is 30.5 Å². The van der Waals surface area contributed by atoms with E-state index in [9.17, 15) is 20.4 Å². The van der Waals surface area contributed by atoms with E-state index in [1.807, 2.05) is 18.2 Å². The van der Waals surface area contributed by atoms with Crippen LogP contribution in [0.1, 0.15) is 0 Å². The summed E-state index contributed by atoms with van der Waals surface area (Å²) in [6.07, 6.45) is -3.36. The van der Waals surface area contributed by atoms with E-state index in [1.54, 1.807) is 12.3 Å². The van der Waals surface area contributed by atoms with Crippen LogP contribution in [0.25, 0.3) is 10.9 Å². The maximum Gasteiger partial charge on any atom is 0.297 e. The molecule has 2 aromatic rings. The molecule has 0 aliphatic carbocycles. The molecule has 1 aliphatic rings. The zero-order chi connectivity index (χ0) is 16.8. The minimum absolute atomic E-state index is 0.348. The zero-order valence-corrected chi connectivity index (χ0v) is 14.0. The second kappa shape index (κ2) is 5.89. The van der Waals surface area contributed by atoms with Gasteiger partial charge in [0.15, 0.2) is 11.2 Å². The molecule has 7 nitrogen and oxygen atoms in total. The largest absolute Gasteiger partial charge is 0.447 e. The Morgan fingerprint density at radius 1 is 1.30 bits per heavy atom. The number of alkyl halides is 2. The molecule has 2 heterocycles. The Morgan fingerprint density at radius 2 is 2.00 bits per heavy atom. The summed E-state index contributed by atoms with van der Waals surface area (Å²) in [5.41, 5.74) is 0.803. The second-order valence-corrected chi connectivity index (χ2v) is 7.00. The summed E-state index contributed by atoms with van der Waals surface area (Å²) in [6.45, 7) is -0.686. The van der Waals surface area contributed by atoms with Crippen LogP contribution in [0.2, 0.25) is 0 Å². The van der Waals surface area contributed by atoms with Crippen molar-refractivity contribution < 1.29 is 29.9 Å². The number of aromatic nitrogens is 1. The highest BCUT2D eigenvalue weighted by Crippen LogP contribution is 2.43. The van der Waals surface area contributed by atoms with Gasteiger partial charge in [-0.15, -0.1) is 0 Å². The van der Waals surface area contributed by atoms with Crippen LogP contribution in [-0.2, 0) is 4.74 Å². The molecule has 5 atom stereocenters. The van der Waals surface area contributed by atoms with Crippen LogP contribution in [0.3, 0.4) is 0 Å². The molecule has 5 N–H and O–H groups in total. The number of aliphatic hydroxyl groups is 4. The fraction of sp³-hybridized carbons (Fsp3) is 0.429. The summed E-state index contributed by atoms with van der Waals surface area (Å²) >= 11 is 8.86. The van der Waals surface area contributed by atoms with Gasteiger partial charge in [-0.25, -0.2) is 0 Å². The number of nitrogens with one attached hydrogen (secondary N) is 1. The lowest BCUT2D eigenvalue weighted by Gasteiger charge is -2.48.